The molecule has 0 amide bonds. The van der Waals surface area contributed by atoms with Gasteiger partial charge in [0, 0.05) is 0 Å². The van der Waals surface area contributed by atoms with Crippen molar-refractivity contribution in [3.63, 3.8) is 0 Å². The fourth-order valence-electron chi connectivity index (χ4n) is 0.272. The lowest BCUT2D eigenvalue weighted by atomic mass is 10.7. The van der Waals surface area contributed by atoms with E-state index in [0.717, 1.165) is 0 Å². The highest BCUT2D eigenvalue weighted by Crippen LogP contribution is 1.99. The van der Waals surface area contributed by atoms with E-state index in [9.17, 15) is 4.79 Å². The molecule has 3 nitrogen and oxygen atoms in total. The normalized spacial score (nSPS) is 7.67. The van der Waals surface area contributed by atoms with Crippen molar-refractivity contribution in [3.8, 4) is 0 Å². The van der Waals surface area contributed by atoms with Crippen LogP contribution in [0, 0.1) is 0 Å². The Balaban J connectivity index is 3.50. The minimum absolute atomic E-state index is 0.0579. The van der Waals surface area contributed by atoms with Crippen molar-refractivity contribution in [2.24, 2.45) is 0 Å². The molecule has 0 saturated carbocycles. The van der Waals surface area contributed by atoms with Crippen LogP contribution >= 0.6 is 0 Å². The van der Waals surface area contributed by atoms with Gasteiger partial charge in [0.2, 0.25) is 0 Å². The van der Waals surface area contributed by atoms with Crippen molar-refractivity contribution in [1.82, 2.24) is 0 Å². The van der Waals surface area contributed by atoms with Gasteiger partial charge in [0.25, 0.3) is 5.95 Å². The van der Waals surface area contributed by atoms with Crippen LogP contribution in [0.2, 0.25) is 0 Å². The summed E-state index contributed by atoms with van der Waals surface area (Å²) in [6.45, 7) is 8.51. The SMILES string of the molecule is C=C(C)OC(=C)OC=O. The average molecular weight is 128 g/mol. The van der Waals surface area contributed by atoms with Crippen molar-refractivity contribution in [2.75, 3.05) is 0 Å². The van der Waals surface area contributed by atoms with Crippen LogP contribution in [0.15, 0.2) is 24.9 Å². The van der Waals surface area contributed by atoms with Crippen molar-refractivity contribution in [2.45, 2.75) is 6.92 Å². The number of allylic oxidation sites excluding steroid dienone is 1. The zero-order valence-electron chi connectivity index (χ0n) is 5.22. The van der Waals surface area contributed by atoms with Gasteiger partial charge in [0.15, 0.2) is 0 Å². The molecule has 0 radical (unpaired) electrons. The number of carbonyl (C=O) groups is 1. The third-order valence-electron chi connectivity index (χ3n) is 0.468. The first kappa shape index (κ1) is 7.75. The van der Waals surface area contributed by atoms with Crippen molar-refractivity contribution < 1.29 is 14.3 Å². The Morgan fingerprint density at radius 2 is 2.11 bits per heavy atom. The van der Waals surface area contributed by atoms with E-state index in [0.29, 0.717) is 5.76 Å². The highest BCUT2D eigenvalue weighted by atomic mass is 16.7. The van der Waals surface area contributed by atoms with Crippen LogP contribution in [0.4, 0.5) is 0 Å². The number of ether oxygens (including phenoxy) is 2. The third kappa shape index (κ3) is 4.61. The average Bonchev–Trinajstić information content (AvgIpc) is 1.63. The van der Waals surface area contributed by atoms with Gasteiger partial charge >= 0.3 is 6.47 Å². The van der Waals surface area contributed by atoms with Crippen LogP contribution in [-0.2, 0) is 14.3 Å². The molecule has 0 fully saturated rings. The maximum absolute atomic E-state index is 9.60. The zero-order valence-corrected chi connectivity index (χ0v) is 5.22. The standard InChI is InChI=1S/C6H8O3/c1-5(2)9-6(3)8-4-7/h4H,1,3H2,2H3. The molecule has 0 saturated heterocycles. The zero-order chi connectivity index (χ0) is 7.28. The van der Waals surface area contributed by atoms with Gasteiger partial charge in [-0.25, -0.2) is 0 Å². The summed E-state index contributed by atoms with van der Waals surface area (Å²) in [5.41, 5.74) is 0. The van der Waals surface area contributed by atoms with Gasteiger partial charge < -0.3 is 9.47 Å². The van der Waals surface area contributed by atoms with E-state index in [1.165, 1.54) is 0 Å². The monoisotopic (exact) mass is 128 g/mol. The van der Waals surface area contributed by atoms with Gasteiger partial charge in [-0.2, -0.15) is 0 Å². The number of rotatable bonds is 4. The molecule has 0 aromatic heterocycles. The Morgan fingerprint density at radius 3 is 2.44 bits per heavy atom. The van der Waals surface area contributed by atoms with E-state index < -0.39 is 0 Å². The molecule has 0 rings (SSSR count). The minimum atomic E-state index is -0.0579. The topological polar surface area (TPSA) is 35.5 Å². The second kappa shape index (κ2) is 3.72. The molecular formula is C6H8O3. The largest absolute Gasteiger partial charge is 0.432 e. The smallest absolute Gasteiger partial charge is 0.300 e. The lowest BCUT2D eigenvalue weighted by Gasteiger charge is -2.02. The van der Waals surface area contributed by atoms with E-state index >= 15 is 0 Å². The van der Waals surface area contributed by atoms with Gasteiger partial charge in [-0.3, -0.25) is 4.79 Å². The maximum atomic E-state index is 9.60. The predicted octanol–water partition coefficient (Wildman–Crippen LogP) is 1.18. The summed E-state index contributed by atoms with van der Waals surface area (Å²) in [5, 5.41) is 0. The van der Waals surface area contributed by atoms with Crippen LogP contribution in [0.1, 0.15) is 6.92 Å². The van der Waals surface area contributed by atoms with Crippen LogP contribution in [-0.4, -0.2) is 6.47 Å². The Kier molecular flexibility index (Phi) is 3.20. The molecule has 3 heteroatoms. The summed E-state index contributed by atoms with van der Waals surface area (Å²) in [6, 6.07) is 0. The predicted molar refractivity (Wildman–Crippen MR) is 32.2 cm³/mol. The highest BCUT2D eigenvalue weighted by molar-refractivity contribution is 5.38. The fourth-order valence-corrected chi connectivity index (χ4v) is 0.272. The van der Waals surface area contributed by atoms with Gasteiger partial charge in [-0.1, -0.05) is 6.58 Å². The summed E-state index contributed by atoms with van der Waals surface area (Å²) in [5.74, 6) is 0.374. The lowest BCUT2D eigenvalue weighted by molar-refractivity contribution is -0.128. The molecule has 0 aromatic carbocycles. The molecule has 0 aromatic rings. The maximum Gasteiger partial charge on any atom is 0.300 e. The Hall–Kier alpha value is -1.25. The summed E-state index contributed by atoms with van der Waals surface area (Å²) >= 11 is 0. The molecule has 0 unspecified atom stereocenters. The molecule has 50 valence electrons. The van der Waals surface area contributed by atoms with Crippen molar-refractivity contribution >= 4 is 6.47 Å². The molecule has 0 spiro atoms. The van der Waals surface area contributed by atoms with Crippen LogP contribution in [0.25, 0.3) is 0 Å². The molecule has 0 atom stereocenters. The first-order valence-electron chi connectivity index (χ1n) is 2.29. The Labute approximate surface area is 53.6 Å². The first-order chi connectivity index (χ1) is 4.16. The number of hydrogen-bond donors (Lipinski definition) is 0. The third-order valence-corrected chi connectivity index (χ3v) is 0.468. The molecule has 0 aliphatic rings. The highest BCUT2D eigenvalue weighted by Gasteiger charge is 1.91. The van der Waals surface area contributed by atoms with Crippen LogP contribution in [0.3, 0.4) is 0 Å². The number of hydrogen-bond acceptors (Lipinski definition) is 3. The first-order valence-corrected chi connectivity index (χ1v) is 2.29. The number of carbonyl (C=O) groups excluding carboxylic acids is 1. The van der Waals surface area contributed by atoms with E-state index in [2.05, 4.69) is 22.6 Å². The lowest BCUT2D eigenvalue weighted by Crippen LogP contribution is -1.91. The van der Waals surface area contributed by atoms with E-state index in [1.54, 1.807) is 6.92 Å². The quantitative estimate of drug-likeness (QED) is 0.421. The van der Waals surface area contributed by atoms with Gasteiger partial charge in [0.05, 0.1) is 5.76 Å². The van der Waals surface area contributed by atoms with E-state index in [1.807, 2.05) is 0 Å². The van der Waals surface area contributed by atoms with Gasteiger partial charge in [-0.05, 0) is 13.5 Å². The van der Waals surface area contributed by atoms with E-state index in [4.69, 9.17) is 0 Å². The van der Waals surface area contributed by atoms with Gasteiger partial charge in [0.1, 0.15) is 0 Å². The Bertz CT molecular complexity index is 137. The second-order valence-corrected chi connectivity index (χ2v) is 1.39. The molecule has 0 bridgehead atoms. The molecule has 0 aliphatic heterocycles. The molecule has 0 heterocycles. The second-order valence-electron chi connectivity index (χ2n) is 1.39. The van der Waals surface area contributed by atoms with Crippen LogP contribution < -0.4 is 0 Å². The molecule has 9 heavy (non-hydrogen) atoms. The van der Waals surface area contributed by atoms with Gasteiger partial charge in [-0.15, -0.1) is 0 Å². The Morgan fingerprint density at radius 1 is 1.56 bits per heavy atom. The van der Waals surface area contributed by atoms with Crippen LogP contribution in [0.5, 0.6) is 0 Å². The molecular weight excluding hydrogens is 120 g/mol. The minimum Gasteiger partial charge on any atom is -0.432 e. The van der Waals surface area contributed by atoms with E-state index in [-0.39, 0.29) is 12.4 Å². The summed E-state index contributed by atoms with van der Waals surface area (Å²) in [6.07, 6.45) is 0. The molecule has 0 aliphatic carbocycles. The van der Waals surface area contributed by atoms with Crippen molar-refractivity contribution in [3.05, 3.63) is 24.9 Å². The van der Waals surface area contributed by atoms with Crippen molar-refractivity contribution in [1.29, 1.82) is 0 Å². The summed E-state index contributed by atoms with van der Waals surface area (Å²) in [7, 11) is 0. The molecule has 0 N–H and O–H groups in total. The fraction of sp³-hybridized carbons (Fsp3) is 0.167. The summed E-state index contributed by atoms with van der Waals surface area (Å²) in [4.78, 5) is 9.60. The summed E-state index contributed by atoms with van der Waals surface area (Å²) < 4.78 is 8.84.